The molecule has 0 spiro atoms. The van der Waals surface area contributed by atoms with Gasteiger partial charge in [0.1, 0.15) is 0 Å². The van der Waals surface area contributed by atoms with Crippen LogP contribution in [0.3, 0.4) is 0 Å². The normalized spacial score (nSPS) is 22.8. The number of hydrogen-bond donors (Lipinski definition) is 0. The predicted molar refractivity (Wildman–Crippen MR) is 90.5 cm³/mol. The third kappa shape index (κ3) is 5.32. The van der Waals surface area contributed by atoms with Gasteiger partial charge in [0.2, 0.25) is 0 Å². The molecule has 0 atom stereocenters. The van der Waals surface area contributed by atoms with Gasteiger partial charge in [0.05, 0.1) is 6.61 Å². The minimum absolute atomic E-state index is 0.743. The van der Waals surface area contributed by atoms with Gasteiger partial charge in [-0.3, -0.25) is 0 Å². The Morgan fingerprint density at radius 3 is 2.33 bits per heavy atom. The van der Waals surface area contributed by atoms with E-state index in [0.29, 0.717) is 0 Å². The molecule has 0 N–H and O–H groups in total. The molecule has 0 aromatic heterocycles. The lowest BCUT2D eigenvalue weighted by atomic mass is 9.77. The van der Waals surface area contributed by atoms with Crippen molar-refractivity contribution < 1.29 is 4.74 Å². The van der Waals surface area contributed by atoms with Gasteiger partial charge in [-0.05, 0) is 68.4 Å². The van der Waals surface area contributed by atoms with E-state index in [2.05, 4.69) is 43.3 Å². The zero-order valence-corrected chi connectivity index (χ0v) is 13.7. The topological polar surface area (TPSA) is 9.23 Å². The average Bonchev–Trinajstić information content (AvgIpc) is 2.54. The fourth-order valence-corrected chi connectivity index (χ4v) is 3.29. The summed E-state index contributed by atoms with van der Waals surface area (Å²) in [6, 6.07) is 9.11. The lowest BCUT2D eigenvalue weighted by molar-refractivity contribution is 0.134. The van der Waals surface area contributed by atoms with Crippen LogP contribution in [0.15, 0.2) is 36.4 Å². The van der Waals surface area contributed by atoms with Crippen molar-refractivity contribution in [2.24, 2.45) is 5.92 Å². The van der Waals surface area contributed by atoms with Crippen LogP contribution in [0.4, 0.5) is 0 Å². The van der Waals surface area contributed by atoms with Crippen LogP contribution >= 0.6 is 0 Å². The Morgan fingerprint density at radius 2 is 1.71 bits per heavy atom. The molecule has 1 aromatic rings. The van der Waals surface area contributed by atoms with Crippen LogP contribution in [0, 0.1) is 5.92 Å². The zero-order chi connectivity index (χ0) is 14.9. The summed E-state index contributed by atoms with van der Waals surface area (Å²) in [5.41, 5.74) is 2.82. The Balaban J connectivity index is 1.80. The number of benzene rings is 1. The van der Waals surface area contributed by atoms with Crippen LogP contribution in [0.5, 0.6) is 0 Å². The molecular formula is C20H30O. The highest BCUT2D eigenvalue weighted by atomic mass is 16.5. The van der Waals surface area contributed by atoms with Crippen molar-refractivity contribution >= 4 is 0 Å². The van der Waals surface area contributed by atoms with Crippen molar-refractivity contribution in [3.05, 3.63) is 47.5 Å². The molecular weight excluding hydrogens is 256 g/mol. The second-order valence-electron chi connectivity index (χ2n) is 6.21. The summed E-state index contributed by atoms with van der Waals surface area (Å²) in [7, 11) is 0. The van der Waals surface area contributed by atoms with Crippen LogP contribution in [0.25, 0.3) is 0 Å². The van der Waals surface area contributed by atoms with Gasteiger partial charge in [-0.1, -0.05) is 43.3 Å². The van der Waals surface area contributed by atoms with E-state index in [0.717, 1.165) is 25.0 Å². The van der Waals surface area contributed by atoms with Gasteiger partial charge in [0.25, 0.3) is 0 Å². The van der Waals surface area contributed by atoms with E-state index in [1.165, 1.54) is 49.7 Å². The highest BCUT2D eigenvalue weighted by Gasteiger charge is 2.21. The van der Waals surface area contributed by atoms with Gasteiger partial charge in [0.15, 0.2) is 0 Å². The van der Waals surface area contributed by atoms with Crippen LogP contribution in [0.2, 0.25) is 0 Å². The Bertz CT molecular complexity index is 410. The second kappa shape index (κ2) is 9.04. The van der Waals surface area contributed by atoms with Crippen molar-refractivity contribution in [2.45, 2.75) is 64.9 Å². The summed E-state index contributed by atoms with van der Waals surface area (Å²) >= 11 is 0. The van der Waals surface area contributed by atoms with Crippen LogP contribution in [-0.4, -0.2) is 6.61 Å². The molecule has 0 radical (unpaired) electrons. The fraction of sp³-hybridized carbons (Fsp3) is 0.600. The maximum atomic E-state index is 5.46. The van der Waals surface area contributed by atoms with Gasteiger partial charge in [-0.15, -0.1) is 0 Å². The lowest BCUT2D eigenvalue weighted by Gasteiger charge is -2.28. The van der Waals surface area contributed by atoms with Crippen LogP contribution < -0.4 is 0 Å². The number of ether oxygens (including phenoxy) is 1. The molecule has 0 unspecified atom stereocenters. The fourth-order valence-electron chi connectivity index (χ4n) is 3.29. The van der Waals surface area contributed by atoms with Crippen LogP contribution in [0.1, 0.15) is 69.4 Å². The first-order valence-electron chi connectivity index (χ1n) is 8.65. The third-order valence-electron chi connectivity index (χ3n) is 4.64. The molecule has 21 heavy (non-hydrogen) atoms. The van der Waals surface area contributed by atoms with Crippen molar-refractivity contribution in [3.63, 3.8) is 0 Å². The molecule has 1 fully saturated rings. The van der Waals surface area contributed by atoms with E-state index in [-0.39, 0.29) is 0 Å². The minimum atomic E-state index is 0.743. The van der Waals surface area contributed by atoms with Crippen molar-refractivity contribution in [3.8, 4) is 0 Å². The van der Waals surface area contributed by atoms with Gasteiger partial charge in [-0.2, -0.15) is 0 Å². The lowest BCUT2D eigenvalue weighted by Crippen LogP contribution is -2.12. The smallest absolute Gasteiger partial charge is 0.0716 e. The minimum Gasteiger partial charge on any atom is -0.377 e. The molecule has 2 rings (SSSR count). The monoisotopic (exact) mass is 286 g/mol. The van der Waals surface area contributed by atoms with E-state index < -0.39 is 0 Å². The number of rotatable bonds is 7. The quantitative estimate of drug-likeness (QED) is 0.571. The van der Waals surface area contributed by atoms with Gasteiger partial charge < -0.3 is 4.74 Å². The molecule has 1 saturated carbocycles. The molecule has 1 heteroatoms. The summed E-state index contributed by atoms with van der Waals surface area (Å²) in [5, 5.41) is 0. The molecule has 0 aliphatic heterocycles. The Morgan fingerprint density at radius 1 is 1.00 bits per heavy atom. The molecule has 0 saturated heterocycles. The molecule has 0 heterocycles. The van der Waals surface area contributed by atoms with E-state index in [4.69, 9.17) is 4.74 Å². The summed E-state index contributed by atoms with van der Waals surface area (Å²) < 4.78 is 5.46. The molecule has 1 aromatic carbocycles. The molecule has 1 aliphatic carbocycles. The standard InChI is InChI=1S/C20H30O/c1-3-5-6-7-17-8-12-19(13-9-17)20-14-10-18(11-15-20)16-21-4-2/h5-6,10-11,14-15,17,19H,3-4,7-9,12-13,16H2,1-2H3/b6-5+. The van der Waals surface area contributed by atoms with Crippen molar-refractivity contribution in [2.75, 3.05) is 6.61 Å². The summed E-state index contributed by atoms with van der Waals surface area (Å²) in [5.74, 6) is 1.69. The molecule has 0 bridgehead atoms. The molecule has 1 aliphatic rings. The predicted octanol–water partition coefficient (Wildman–Crippen LogP) is 5.85. The maximum Gasteiger partial charge on any atom is 0.0716 e. The second-order valence-corrected chi connectivity index (χ2v) is 6.21. The Labute approximate surface area is 130 Å². The molecule has 116 valence electrons. The van der Waals surface area contributed by atoms with E-state index in [9.17, 15) is 0 Å². The number of allylic oxidation sites excluding steroid dienone is 2. The zero-order valence-electron chi connectivity index (χ0n) is 13.7. The van der Waals surface area contributed by atoms with Gasteiger partial charge in [0, 0.05) is 6.61 Å². The SMILES string of the molecule is CC/C=C/CC1CCC(c2ccc(COCC)cc2)CC1. The first kappa shape index (κ1) is 16.3. The third-order valence-corrected chi connectivity index (χ3v) is 4.64. The number of hydrogen-bond acceptors (Lipinski definition) is 1. The van der Waals surface area contributed by atoms with E-state index in [1.807, 2.05) is 6.92 Å². The van der Waals surface area contributed by atoms with Crippen LogP contribution in [-0.2, 0) is 11.3 Å². The Hall–Kier alpha value is -1.08. The van der Waals surface area contributed by atoms with Gasteiger partial charge >= 0.3 is 0 Å². The van der Waals surface area contributed by atoms with Gasteiger partial charge in [-0.25, -0.2) is 0 Å². The average molecular weight is 286 g/mol. The summed E-state index contributed by atoms with van der Waals surface area (Å²) in [4.78, 5) is 0. The highest BCUT2D eigenvalue weighted by molar-refractivity contribution is 5.25. The summed E-state index contributed by atoms with van der Waals surface area (Å²) in [6.07, 6.45) is 12.6. The largest absolute Gasteiger partial charge is 0.377 e. The molecule has 1 nitrogen and oxygen atoms in total. The van der Waals surface area contributed by atoms with E-state index >= 15 is 0 Å². The van der Waals surface area contributed by atoms with E-state index in [1.54, 1.807) is 0 Å². The molecule has 0 amide bonds. The first-order valence-corrected chi connectivity index (χ1v) is 8.65. The maximum absolute atomic E-state index is 5.46. The Kier molecular flexibility index (Phi) is 7.02. The van der Waals surface area contributed by atoms with Crippen molar-refractivity contribution in [1.82, 2.24) is 0 Å². The highest BCUT2D eigenvalue weighted by Crippen LogP contribution is 2.37. The first-order chi connectivity index (χ1) is 10.3. The summed E-state index contributed by atoms with van der Waals surface area (Å²) in [6.45, 7) is 5.79. The van der Waals surface area contributed by atoms with Crippen molar-refractivity contribution in [1.29, 1.82) is 0 Å².